The van der Waals surface area contributed by atoms with Crippen molar-refractivity contribution >= 4 is 17.9 Å². The third-order valence-electron chi connectivity index (χ3n) is 10.3. The summed E-state index contributed by atoms with van der Waals surface area (Å²) >= 11 is 0. The molecule has 0 aromatic rings. The molecule has 0 aliphatic heterocycles. The first-order valence-corrected chi connectivity index (χ1v) is 24.1. The fraction of sp³-hybridized carbons (Fsp3) is 0.784. The van der Waals surface area contributed by atoms with Gasteiger partial charge in [0, 0.05) is 19.3 Å². The fourth-order valence-electron chi connectivity index (χ4n) is 6.69. The summed E-state index contributed by atoms with van der Waals surface area (Å²) in [5.41, 5.74) is 0. The predicted octanol–water partition coefficient (Wildman–Crippen LogP) is 15.5. The van der Waals surface area contributed by atoms with Crippen molar-refractivity contribution in [2.45, 2.75) is 245 Å². The quantitative estimate of drug-likeness (QED) is 0.0265. The van der Waals surface area contributed by atoms with Gasteiger partial charge in [-0.1, -0.05) is 191 Å². The SMILES string of the molecule is CC/C=C\C/C=C\C/C=C\CCCCCC(=O)OCC(COC(=O)CCCCCCCCCCCCCCC)OC(=O)CCCCCCC/C=C\CCCCCC. The van der Waals surface area contributed by atoms with Crippen LogP contribution < -0.4 is 0 Å². The minimum atomic E-state index is -0.785. The summed E-state index contributed by atoms with van der Waals surface area (Å²) in [5, 5.41) is 0. The minimum absolute atomic E-state index is 0.0839. The van der Waals surface area contributed by atoms with Crippen molar-refractivity contribution < 1.29 is 28.6 Å². The average Bonchev–Trinajstić information content (AvgIpc) is 3.21. The Labute approximate surface area is 352 Å². The number of ether oxygens (including phenoxy) is 3. The molecule has 1 unspecified atom stereocenters. The number of hydrogen-bond donors (Lipinski definition) is 0. The standard InChI is InChI=1S/C51H90O6/c1-4-7-10-13-16-19-22-25-28-31-34-37-40-43-49(52)55-46-48(57-51(54)45-42-39-36-33-30-27-24-21-18-15-12-9-6-3)47-56-50(53)44-41-38-35-32-29-26-23-20-17-14-11-8-5-2/h7,10,16,19,21,24-25,28,48H,4-6,8-9,11-15,17-18,20,22-23,26-27,29-47H2,1-3H3/b10-7-,19-16-,24-21-,28-25-. The lowest BCUT2D eigenvalue weighted by Crippen LogP contribution is -2.30. The molecule has 6 heteroatoms. The van der Waals surface area contributed by atoms with E-state index in [9.17, 15) is 14.4 Å². The molecule has 0 aliphatic carbocycles. The summed E-state index contributed by atoms with van der Waals surface area (Å²) in [7, 11) is 0. The van der Waals surface area contributed by atoms with Crippen molar-refractivity contribution in [1.82, 2.24) is 0 Å². The molecule has 1 atom stereocenters. The van der Waals surface area contributed by atoms with Crippen LogP contribution >= 0.6 is 0 Å². The van der Waals surface area contributed by atoms with Gasteiger partial charge >= 0.3 is 17.9 Å². The Hall–Kier alpha value is -2.63. The molecule has 0 spiro atoms. The minimum Gasteiger partial charge on any atom is -0.462 e. The van der Waals surface area contributed by atoms with Crippen LogP contribution in [-0.2, 0) is 28.6 Å². The second-order valence-electron chi connectivity index (χ2n) is 16.0. The van der Waals surface area contributed by atoms with Gasteiger partial charge in [-0.15, -0.1) is 0 Å². The van der Waals surface area contributed by atoms with E-state index in [0.29, 0.717) is 19.3 Å². The van der Waals surface area contributed by atoms with E-state index in [0.717, 1.165) is 96.3 Å². The smallest absolute Gasteiger partial charge is 0.306 e. The number of rotatable bonds is 43. The summed E-state index contributed by atoms with van der Waals surface area (Å²) in [6, 6.07) is 0. The highest BCUT2D eigenvalue weighted by Gasteiger charge is 2.19. The highest BCUT2D eigenvalue weighted by atomic mass is 16.6. The number of unbranched alkanes of at least 4 members (excludes halogenated alkanes) is 24. The Morgan fingerprint density at radius 2 is 0.684 bits per heavy atom. The zero-order valence-electron chi connectivity index (χ0n) is 37.6. The molecular weight excluding hydrogens is 709 g/mol. The molecule has 330 valence electrons. The number of esters is 3. The van der Waals surface area contributed by atoms with Gasteiger partial charge in [0.25, 0.3) is 0 Å². The van der Waals surface area contributed by atoms with Crippen molar-refractivity contribution in [2.75, 3.05) is 13.2 Å². The second kappa shape index (κ2) is 46.1. The molecule has 0 saturated heterocycles. The second-order valence-corrected chi connectivity index (χ2v) is 16.0. The lowest BCUT2D eigenvalue weighted by Gasteiger charge is -2.18. The topological polar surface area (TPSA) is 78.9 Å². The largest absolute Gasteiger partial charge is 0.462 e. The van der Waals surface area contributed by atoms with Crippen LogP contribution in [0.4, 0.5) is 0 Å². The van der Waals surface area contributed by atoms with Gasteiger partial charge in [0.1, 0.15) is 13.2 Å². The molecule has 57 heavy (non-hydrogen) atoms. The van der Waals surface area contributed by atoms with Gasteiger partial charge in [-0.2, -0.15) is 0 Å². The molecule has 0 aromatic carbocycles. The van der Waals surface area contributed by atoms with E-state index < -0.39 is 6.10 Å². The van der Waals surface area contributed by atoms with E-state index in [4.69, 9.17) is 14.2 Å². The molecule has 0 bridgehead atoms. The molecule has 0 rings (SSSR count). The van der Waals surface area contributed by atoms with Gasteiger partial charge in [-0.05, 0) is 77.0 Å². The molecular formula is C51H90O6. The summed E-state index contributed by atoms with van der Waals surface area (Å²) in [6.07, 6.45) is 53.7. The predicted molar refractivity (Wildman–Crippen MR) is 242 cm³/mol. The van der Waals surface area contributed by atoms with E-state index in [2.05, 4.69) is 69.4 Å². The van der Waals surface area contributed by atoms with Crippen molar-refractivity contribution in [3.8, 4) is 0 Å². The lowest BCUT2D eigenvalue weighted by molar-refractivity contribution is -0.167. The Morgan fingerprint density at radius 1 is 0.368 bits per heavy atom. The van der Waals surface area contributed by atoms with Gasteiger partial charge in [-0.3, -0.25) is 14.4 Å². The van der Waals surface area contributed by atoms with E-state index in [-0.39, 0.29) is 31.1 Å². The van der Waals surface area contributed by atoms with E-state index in [1.54, 1.807) is 0 Å². The van der Waals surface area contributed by atoms with Crippen LogP contribution in [0.5, 0.6) is 0 Å². The maximum absolute atomic E-state index is 12.7. The molecule has 0 saturated carbocycles. The Morgan fingerprint density at radius 3 is 1.12 bits per heavy atom. The number of carbonyl (C=O) groups is 3. The van der Waals surface area contributed by atoms with Crippen LogP contribution in [0.25, 0.3) is 0 Å². The van der Waals surface area contributed by atoms with Crippen molar-refractivity contribution in [1.29, 1.82) is 0 Å². The van der Waals surface area contributed by atoms with E-state index in [1.165, 1.54) is 103 Å². The van der Waals surface area contributed by atoms with Crippen LogP contribution in [0.2, 0.25) is 0 Å². The number of allylic oxidation sites excluding steroid dienone is 8. The summed E-state index contributed by atoms with van der Waals surface area (Å²) in [4.78, 5) is 37.8. The fourth-order valence-corrected chi connectivity index (χ4v) is 6.69. The molecule has 0 amide bonds. The molecule has 0 aromatic heterocycles. The van der Waals surface area contributed by atoms with Gasteiger partial charge in [0.05, 0.1) is 0 Å². The van der Waals surface area contributed by atoms with Crippen molar-refractivity contribution in [3.05, 3.63) is 48.6 Å². The molecule has 6 nitrogen and oxygen atoms in total. The highest BCUT2D eigenvalue weighted by molar-refractivity contribution is 5.71. The van der Waals surface area contributed by atoms with Gasteiger partial charge < -0.3 is 14.2 Å². The van der Waals surface area contributed by atoms with E-state index >= 15 is 0 Å². The first-order chi connectivity index (χ1) is 28.0. The maximum Gasteiger partial charge on any atom is 0.306 e. The Bertz CT molecular complexity index is 1010. The molecule has 0 N–H and O–H groups in total. The third kappa shape index (κ3) is 44.3. The first kappa shape index (κ1) is 54.4. The van der Waals surface area contributed by atoms with Crippen LogP contribution in [0.3, 0.4) is 0 Å². The van der Waals surface area contributed by atoms with E-state index in [1.807, 2.05) is 0 Å². The molecule has 0 aliphatic rings. The summed E-state index contributed by atoms with van der Waals surface area (Å²) in [6.45, 7) is 6.47. The zero-order valence-corrected chi connectivity index (χ0v) is 37.6. The highest BCUT2D eigenvalue weighted by Crippen LogP contribution is 2.14. The van der Waals surface area contributed by atoms with Gasteiger partial charge in [0.2, 0.25) is 0 Å². The van der Waals surface area contributed by atoms with Gasteiger partial charge in [-0.25, -0.2) is 0 Å². The molecule has 0 radical (unpaired) electrons. The lowest BCUT2D eigenvalue weighted by atomic mass is 10.0. The Balaban J connectivity index is 4.42. The summed E-state index contributed by atoms with van der Waals surface area (Å²) < 4.78 is 16.7. The van der Waals surface area contributed by atoms with Crippen LogP contribution in [-0.4, -0.2) is 37.2 Å². The summed E-state index contributed by atoms with van der Waals surface area (Å²) in [5.74, 6) is -0.920. The Kier molecular flexibility index (Phi) is 43.9. The van der Waals surface area contributed by atoms with Crippen LogP contribution in [0.1, 0.15) is 239 Å². The maximum atomic E-state index is 12.7. The molecule has 0 heterocycles. The number of hydrogen-bond acceptors (Lipinski definition) is 6. The zero-order chi connectivity index (χ0) is 41.5. The van der Waals surface area contributed by atoms with Crippen LogP contribution in [0.15, 0.2) is 48.6 Å². The average molecular weight is 799 g/mol. The van der Waals surface area contributed by atoms with Crippen LogP contribution in [0, 0.1) is 0 Å². The van der Waals surface area contributed by atoms with Crippen molar-refractivity contribution in [2.24, 2.45) is 0 Å². The first-order valence-electron chi connectivity index (χ1n) is 24.1. The normalized spacial score (nSPS) is 12.4. The monoisotopic (exact) mass is 799 g/mol. The van der Waals surface area contributed by atoms with Gasteiger partial charge in [0.15, 0.2) is 6.10 Å². The van der Waals surface area contributed by atoms with Crippen molar-refractivity contribution in [3.63, 3.8) is 0 Å². The third-order valence-corrected chi connectivity index (χ3v) is 10.3. The molecule has 0 fully saturated rings. The number of carbonyl (C=O) groups excluding carboxylic acids is 3.